The molecule has 1 aromatic carbocycles. The maximum atomic E-state index is 13.9. The molecule has 0 bridgehead atoms. The minimum atomic E-state index is -3.99. The van der Waals surface area contributed by atoms with Gasteiger partial charge in [-0.1, -0.05) is 69.9 Å². The fraction of sp³-hybridized carbons (Fsp3) is 0.452. The molecule has 1 atom stereocenters. The molecule has 10 heteroatoms. The second-order valence-corrected chi connectivity index (χ2v) is 15.1. The van der Waals surface area contributed by atoms with Crippen LogP contribution in [0.2, 0.25) is 0 Å². The molecule has 1 N–H and O–H groups in total. The van der Waals surface area contributed by atoms with Crippen LogP contribution < -0.4 is 4.90 Å². The van der Waals surface area contributed by atoms with Crippen LogP contribution >= 0.6 is 11.3 Å². The number of hydrogen-bond acceptors (Lipinski definition) is 6. The standard InChI is InChI=1S/C31H37N3O5S2/c1-20-10-12-22(13-11-20)26-16-24(29(40-26)30(36)37)34-25(21-8-6-5-7-9-21)18-33(19-28(34)35)41(38,39)23-14-15-27(32-17-23)31(2,3)4/h10-17,21,25H,5-9,18-19H2,1-4H3,(H,36,37)/t25-/m0/s1. The number of nitrogens with zero attached hydrogens (tertiary/aromatic N) is 3. The van der Waals surface area contributed by atoms with E-state index < -0.39 is 27.9 Å². The van der Waals surface area contributed by atoms with Crippen LogP contribution in [0.15, 0.2) is 53.6 Å². The number of thiophene rings is 1. The lowest BCUT2D eigenvalue weighted by Gasteiger charge is -2.44. The first kappa shape index (κ1) is 29.4. The number of amides is 1. The summed E-state index contributed by atoms with van der Waals surface area (Å²) >= 11 is 1.14. The molecule has 2 fully saturated rings. The lowest BCUT2D eigenvalue weighted by atomic mass is 9.82. The monoisotopic (exact) mass is 595 g/mol. The molecular weight excluding hydrogens is 558 g/mol. The lowest BCUT2D eigenvalue weighted by Crippen LogP contribution is -2.60. The Bertz CT molecular complexity index is 1530. The van der Waals surface area contributed by atoms with Gasteiger partial charge in [-0.15, -0.1) is 11.3 Å². The first-order valence-corrected chi connectivity index (χ1v) is 16.3. The molecule has 0 unspecified atom stereocenters. The summed E-state index contributed by atoms with van der Waals surface area (Å²) in [6, 6.07) is 12.4. The van der Waals surface area contributed by atoms with Gasteiger partial charge in [0, 0.05) is 28.7 Å². The van der Waals surface area contributed by atoms with Crippen molar-refractivity contribution >= 4 is 38.9 Å². The summed E-state index contributed by atoms with van der Waals surface area (Å²) in [6.07, 6.45) is 6.19. The number of pyridine rings is 1. The molecule has 0 spiro atoms. The van der Waals surface area contributed by atoms with Crippen LogP contribution in [-0.2, 0) is 20.2 Å². The number of sulfonamides is 1. The Labute approximate surface area is 246 Å². The van der Waals surface area contributed by atoms with Gasteiger partial charge < -0.3 is 10.0 Å². The van der Waals surface area contributed by atoms with E-state index in [0.717, 1.165) is 65.1 Å². The second kappa shape index (κ2) is 11.3. The van der Waals surface area contributed by atoms with Gasteiger partial charge in [0.1, 0.15) is 9.77 Å². The van der Waals surface area contributed by atoms with E-state index in [0.29, 0.717) is 5.69 Å². The molecule has 41 heavy (non-hydrogen) atoms. The number of benzene rings is 1. The molecule has 8 nitrogen and oxygen atoms in total. The highest BCUT2D eigenvalue weighted by Gasteiger charge is 2.44. The number of carbonyl (C=O) groups excluding carboxylic acids is 1. The average molecular weight is 596 g/mol. The van der Waals surface area contributed by atoms with Crippen molar-refractivity contribution in [3.63, 3.8) is 0 Å². The predicted octanol–water partition coefficient (Wildman–Crippen LogP) is 6.10. The zero-order valence-corrected chi connectivity index (χ0v) is 25.6. The minimum absolute atomic E-state index is 0.0533. The molecule has 2 aromatic heterocycles. The van der Waals surface area contributed by atoms with E-state index in [1.807, 2.05) is 52.0 Å². The average Bonchev–Trinajstić information content (AvgIpc) is 3.38. The van der Waals surface area contributed by atoms with E-state index >= 15 is 0 Å². The van der Waals surface area contributed by atoms with Crippen molar-refractivity contribution in [2.45, 2.75) is 76.2 Å². The van der Waals surface area contributed by atoms with Gasteiger partial charge in [-0.05, 0) is 49.4 Å². The van der Waals surface area contributed by atoms with Gasteiger partial charge in [-0.2, -0.15) is 4.31 Å². The lowest BCUT2D eigenvalue weighted by molar-refractivity contribution is -0.121. The van der Waals surface area contributed by atoms with Crippen molar-refractivity contribution in [3.05, 3.63) is 64.8 Å². The third-order valence-electron chi connectivity index (χ3n) is 8.14. The van der Waals surface area contributed by atoms with Crippen LogP contribution in [0.25, 0.3) is 10.4 Å². The number of carboxylic acid groups (broad SMARTS) is 1. The first-order valence-electron chi connectivity index (χ1n) is 14.1. The van der Waals surface area contributed by atoms with E-state index in [2.05, 4.69) is 4.98 Å². The van der Waals surface area contributed by atoms with Crippen molar-refractivity contribution in [1.29, 1.82) is 0 Å². The van der Waals surface area contributed by atoms with Gasteiger partial charge in [0.05, 0.1) is 18.3 Å². The maximum Gasteiger partial charge on any atom is 0.348 e. The van der Waals surface area contributed by atoms with Crippen LogP contribution in [0, 0.1) is 12.8 Å². The topological polar surface area (TPSA) is 108 Å². The molecule has 5 rings (SSSR count). The number of aromatic nitrogens is 1. The highest BCUT2D eigenvalue weighted by atomic mass is 32.2. The Hall–Kier alpha value is -3.08. The summed E-state index contributed by atoms with van der Waals surface area (Å²) in [5, 5.41) is 10.2. The van der Waals surface area contributed by atoms with Gasteiger partial charge in [0.2, 0.25) is 15.9 Å². The maximum absolute atomic E-state index is 13.9. The van der Waals surface area contributed by atoms with E-state index in [9.17, 15) is 23.1 Å². The minimum Gasteiger partial charge on any atom is -0.477 e. The van der Waals surface area contributed by atoms with Crippen LogP contribution in [-0.4, -0.2) is 53.8 Å². The summed E-state index contributed by atoms with van der Waals surface area (Å²) in [4.78, 5) is 33.2. The summed E-state index contributed by atoms with van der Waals surface area (Å²) in [6.45, 7) is 7.76. The van der Waals surface area contributed by atoms with Gasteiger partial charge in [-0.3, -0.25) is 9.78 Å². The van der Waals surface area contributed by atoms with E-state index in [1.54, 1.807) is 23.1 Å². The highest BCUT2D eigenvalue weighted by molar-refractivity contribution is 7.89. The molecule has 1 saturated heterocycles. The quantitative estimate of drug-likeness (QED) is 0.369. The molecule has 1 aliphatic heterocycles. The van der Waals surface area contributed by atoms with Crippen LogP contribution in [0.5, 0.6) is 0 Å². The Morgan fingerprint density at radius 3 is 2.32 bits per heavy atom. The molecule has 2 aliphatic rings. The number of piperazine rings is 1. The third kappa shape index (κ3) is 5.96. The number of aromatic carboxylic acids is 1. The molecule has 1 saturated carbocycles. The SMILES string of the molecule is Cc1ccc(-c2cc(N3C(=O)CN(S(=O)(=O)c4ccc(C(C)(C)C)nc4)C[C@H]3C3CCCCC3)c(C(=O)O)s2)cc1. The van der Waals surface area contributed by atoms with Crippen molar-refractivity contribution in [2.24, 2.45) is 5.92 Å². The molecule has 3 heterocycles. The van der Waals surface area contributed by atoms with Crippen molar-refractivity contribution in [2.75, 3.05) is 18.0 Å². The molecule has 0 radical (unpaired) electrons. The Kier molecular flexibility index (Phi) is 8.11. The van der Waals surface area contributed by atoms with E-state index in [4.69, 9.17) is 0 Å². The van der Waals surface area contributed by atoms with Gasteiger partial charge in [0.25, 0.3) is 0 Å². The number of anilines is 1. The largest absolute Gasteiger partial charge is 0.477 e. The number of carbonyl (C=O) groups is 2. The first-order chi connectivity index (χ1) is 19.4. The molecule has 3 aromatic rings. The zero-order valence-electron chi connectivity index (χ0n) is 24.0. The highest BCUT2D eigenvalue weighted by Crippen LogP contribution is 2.42. The second-order valence-electron chi connectivity index (χ2n) is 12.2. The molecule has 218 valence electrons. The Morgan fingerprint density at radius 2 is 1.73 bits per heavy atom. The predicted molar refractivity (Wildman–Crippen MR) is 161 cm³/mol. The molecule has 1 amide bonds. The van der Waals surface area contributed by atoms with Crippen molar-refractivity contribution in [1.82, 2.24) is 9.29 Å². The number of aryl methyl sites for hydroxylation is 1. The zero-order chi connectivity index (χ0) is 29.5. The fourth-order valence-electron chi connectivity index (χ4n) is 5.84. The third-order valence-corrected chi connectivity index (χ3v) is 11.1. The Morgan fingerprint density at radius 1 is 1.05 bits per heavy atom. The number of rotatable bonds is 6. The normalized spacial score (nSPS) is 19.5. The van der Waals surface area contributed by atoms with Crippen LogP contribution in [0.4, 0.5) is 5.69 Å². The smallest absolute Gasteiger partial charge is 0.348 e. The number of carboxylic acids is 1. The van der Waals surface area contributed by atoms with Crippen molar-refractivity contribution < 1.29 is 23.1 Å². The van der Waals surface area contributed by atoms with Gasteiger partial charge >= 0.3 is 5.97 Å². The van der Waals surface area contributed by atoms with E-state index in [-0.39, 0.29) is 34.2 Å². The van der Waals surface area contributed by atoms with Gasteiger partial charge in [0.15, 0.2) is 0 Å². The van der Waals surface area contributed by atoms with E-state index in [1.165, 1.54) is 10.5 Å². The Balaban J connectivity index is 1.53. The fourth-order valence-corrected chi connectivity index (χ4v) is 8.19. The summed E-state index contributed by atoms with van der Waals surface area (Å²) < 4.78 is 28.8. The summed E-state index contributed by atoms with van der Waals surface area (Å²) in [5.74, 6) is -1.44. The summed E-state index contributed by atoms with van der Waals surface area (Å²) in [7, 11) is -3.99. The van der Waals surface area contributed by atoms with Crippen molar-refractivity contribution in [3.8, 4) is 10.4 Å². The number of hydrogen-bond donors (Lipinski definition) is 1. The molecule has 1 aliphatic carbocycles. The summed E-state index contributed by atoms with van der Waals surface area (Å²) in [5.41, 5.74) is 2.88. The molecular formula is C31H37N3O5S2. The van der Waals surface area contributed by atoms with Crippen LogP contribution in [0.1, 0.15) is 73.8 Å². The van der Waals surface area contributed by atoms with Crippen LogP contribution in [0.3, 0.4) is 0 Å². The van der Waals surface area contributed by atoms with Gasteiger partial charge in [-0.25, -0.2) is 13.2 Å².